The lowest BCUT2D eigenvalue weighted by Gasteiger charge is -2.39. The van der Waals surface area contributed by atoms with E-state index < -0.39 is 0 Å². The third-order valence-electron chi connectivity index (χ3n) is 5.98. The monoisotopic (exact) mass is 399 g/mol. The van der Waals surface area contributed by atoms with Gasteiger partial charge in [0, 0.05) is 43.7 Å². The van der Waals surface area contributed by atoms with E-state index in [0.29, 0.717) is 31.2 Å². The molecular formula is C23H37N5O. The van der Waals surface area contributed by atoms with Gasteiger partial charge in [-0.1, -0.05) is 44.2 Å². The van der Waals surface area contributed by atoms with Crippen molar-refractivity contribution in [3.63, 3.8) is 0 Å². The van der Waals surface area contributed by atoms with Crippen LogP contribution in [0.5, 0.6) is 0 Å². The van der Waals surface area contributed by atoms with Gasteiger partial charge in [0.15, 0.2) is 5.96 Å². The third-order valence-corrected chi connectivity index (χ3v) is 5.98. The van der Waals surface area contributed by atoms with Crippen LogP contribution in [-0.2, 0) is 11.3 Å². The molecule has 2 unspecified atom stereocenters. The maximum atomic E-state index is 11.7. The van der Waals surface area contributed by atoms with Crippen LogP contribution in [0, 0.1) is 5.92 Å². The van der Waals surface area contributed by atoms with Crippen LogP contribution in [0.3, 0.4) is 0 Å². The number of fused-ring (bicyclic) bond motifs is 2. The maximum absolute atomic E-state index is 11.7. The first-order valence-corrected chi connectivity index (χ1v) is 11.2. The predicted molar refractivity (Wildman–Crippen MR) is 119 cm³/mol. The lowest BCUT2D eigenvalue weighted by atomic mass is 9.96. The van der Waals surface area contributed by atoms with E-state index in [4.69, 9.17) is 0 Å². The number of amides is 1. The smallest absolute Gasteiger partial charge is 0.222 e. The highest BCUT2D eigenvalue weighted by atomic mass is 16.1. The van der Waals surface area contributed by atoms with E-state index in [1.54, 1.807) is 0 Å². The minimum atomic E-state index is 0.0156. The molecule has 2 bridgehead atoms. The van der Waals surface area contributed by atoms with Crippen LogP contribution in [-0.4, -0.2) is 54.5 Å². The van der Waals surface area contributed by atoms with Gasteiger partial charge in [0.25, 0.3) is 0 Å². The lowest BCUT2D eigenvalue weighted by Crippen LogP contribution is -2.52. The Hall–Kier alpha value is -2.08. The van der Waals surface area contributed by atoms with Crippen molar-refractivity contribution < 1.29 is 4.79 Å². The molecule has 2 fully saturated rings. The molecule has 2 heterocycles. The molecule has 6 nitrogen and oxygen atoms in total. The number of piperidine rings is 1. The average molecular weight is 400 g/mol. The molecular weight excluding hydrogens is 362 g/mol. The highest BCUT2D eigenvalue weighted by molar-refractivity contribution is 5.80. The summed E-state index contributed by atoms with van der Waals surface area (Å²) in [4.78, 5) is 19.0. The van der Waals surface area contributed by atoms with Gasteiger partial charge in [-0.25, -0.2) is 0 Å². The van der Waals surface area contributed by atoms with Crippen LogP contribution in [0.15, 0.2) is 35.3 Å². The van der Waals surface area contributed by atoms with Gasteiger partial charge in [0.05, 0.1) is 6.54 Å². The topological polar surface area (TPSA) is 68.8 Å². The first kappa shape index (κ1) is 21.6. The summed E-state index contributed by atoms with van der Waals surface area (Å²) in [5.74, 6) is 0.967. The number of nitrogens with zero attached hydrogens (tertiary/aromatic N) is 2. The standard InChI is InChI=1S/C23H37N5O/c1-4-24-23(26-13-12-25-22(29)17(2)3)27-19-14-20-10-11-21(15-19)28(20)16-18-8-6-5-7-9-18/h5-9,17,19-21H,4,10-16H2,1-3H3,(H,25,29)(H2,24,26,27). The molecule has 0 saturated carbocycles. The first-order chi connectivity index (χ1) is 14.1. The van der Waals surface area contributed by atoms with E-state index in [1.807, 2.05) is 13.8 Å². The van der Waals surface area contributed by atoms with Crippen LogP contribution in [0.4, 0.5) is 0 Å². The summed E-state index contributed by atoms with van der Waals surface area (Å²) in [5.41, 5.74) is 1.41. The molecule has 3 rings (SSSR count). The summed E-state index contributed by atoms with van der Waals surface area (Å²) in [6.07, 6.45) is 4.92. The van der Waals surface area contributed by atoms with Gasteiger partial charge < -0.3 is 16.0 Å². The van der Waals surface area contributed by atoms with Crippen LogP contribution in [0.1, 0.15) is 52.0 Å². The van der Waals surface area contributed by atoms with Crippen molar-refractivity contribution in [2.75, 3.05) is 19.6 Å². The minimum absolute atomic E-state index is 0.0156. The fourth-order valence-corrected chi connectivity index (χ4v) is 4.51. The first-order valence-electron chi connectivity index (χ1n) is 11.2. The Labute approximate surface area is 175 Å². The zero-order valence-electron chi connectivity index (χ0n) is 18.2. The van der Waals surface area contributed by atoms with Crippen molar-refractivity contribution in [1.82, 2.24) is 20.9 Å². The summed E-state index contributed by atoms with van der Waals surface area (Å²) in [7, 11) is 0. The summed E-state index contributed by atoms with van der Waals surface area (Å²) >= 11 is 0. The second kappa shape index (κ2) is 10.6. The van der Waals surface area contributed by atoms with Gasteiger partial charge in [-0.05, 0) is 38.2 Å². The Morgan fingerprint density at radius 1 is 1.14 bits per heavy atom. The van der Waals surface area contributed by atoms with E-state index in [9.17, 15) is 4.79 Å². The largest absolute Gasteiger partial charge is 0.357 e. The summed E-state index contributed by atoms with van der Waals surface area (Å²) < 4.78 is 0. The third kappa shape index (κ3) is 6.20. The van der Waals surface area contributed by atoms with E-state index in [2.05, 4.69) is 63.1 Å². The number of carbonyl (C=O) groups is 1. The van der Waals surface area contributed by atoms with Crippen LogP contribution < -0.4 is 16.0 Å². The van der Waals surface area contributed by atoms with Crippen molar-refractivity contribution in [3.8, 4) is 0 Å². The number of hydrogen-bond donors (Lipinski definition) is 3. The Morgan fingerprint density at radius 2 is 1.83 bits per heavy atom. The summed E-state index contributed by atoms with van der Waals surface area (Å²) in [6.45, 7) is 8.97. The Morgan fingerprint density at radius 3 is 2.45 bits per heavy atom. The second-order valence-electron chi connectivity index (χ2n) is 8.56. The fourth-order valence-electron chi connectivity index (χ4n) is 4.51. The SMILES string of the molecule is CCNC(=NCCNC(=O)C(C)C)NC1CC2CCC(C1)N2Cc1ccccc1. The number of aliphatic imine (C=N–C) groups is 1. The molecule has 0 spiro atoms. The maximum Gasteiger partial charge on any atom is 0.222 e. The fraction of sp³-hybridized carbons (Fsp3) is 0.652. The van der Waals surface area contributed by atoms with Crippen molar-refractivity contribution in [2.45, 2.75) is 71.1 Å². The molecule has 160 valence electrons. The Bertz CT molecular complexity index is 661. The van der Waals surface area contributed by atoms with Crippen molar-refractivity contribution >= 4 is 11.9 Å². The number of guanidine groups is 1. The zero-order chi connectivity index (χ0) is 20.6. The van der Waals surface area contributed by atoms with Crippen LogP contribution in [0.2, 0.25) is 0 Å². The molecule has 29 heavy (non-hydrogen) atoms. The molecule has 1 aromatic carbocycles. The average Bonchev–Trinajstić information content (AvgIpc) is 2.94. The number of hydrogen-bond acceptors (Lipinski definition) is 3. The van der Waals surface area contributed by atoms with E-state index in [-0.39, 0.29) is 11.8 Å². The van der Waals surface area contributed by atoms with Crippen molar-refractivity contribution in [2.24, 2.45) is 10.9 Å². The van der Waals surface area contributed by atoms with Crippen molar-refractivity contribution in [1.29, 1.82) is 0 Å². The Balaban J connectivity index is 1.50. The molecule has 1 amide bonds. The van der Waals surface area contributed by atoms with Gasteiger partial charge in [0.2, 0.25) is 5.91 Å². The summed E-state index contributed by atoms with van der Waals surface area (Å²) in [5, 5.41) is 9.94. The molecule has 3 N–H and O–H groups in total. The molecule has 2 aliphatic rings. The van der Waals surface area contributed by atoms with Gasteiger partial charge in [-0.3, -0.25) is 14.7 Å². The molecule has 2 atom stereocenters. The number of benzene rings is 1. The number of nitrogens with one attached hydrogen (secondary N) is 3. The van der Waals surface area contributed by atoms with E-state index in [1.165, 1.54) is 18.4 Å². The second-order valence-corrected chi connectivity index (χ2v) is 8.56. The Kier molecular flexibility index (Phi) is 7.92. The number of rotatable bonds is 8. The molecule has 6 heteroatoms. The highest BCUT2D eigenvalue weighted by Gasteiger charge is 2.40. The predicted octanol–water partition coefficient (Wildman–Crippen LogP) is 2.51. The van der Waals surface area contributed by atoms with E-state index in [0.717, 1.165) is 31.9 Å². The highest BCUT2D eigenvalue weighted by Crippen LogP contribution is 2.36. The normalized spacial score (nSPS) is 24.6. The quantitative estimate of drug-likeness (QED) is 0.357. The van der Waals surface area contributed by atoms with E-state index >= 15 is 0 Å². The zero-order valence-corrected chi connectivity index (χ0v) is 18.2. The van der Waals surface area contributed by atoms with Gasteiger partial charge >= 0.3 is 0 Å². The molecule has 0 aliphatic carbocycles. The number of carbonyl (C=O) groups excluding carboxylic acids is 1. The molecule has 0 radical (unpaired) electrons. The van der Waals surface area contributed by atoms with Gasteiger partial charge in [0.1, 0.15) is 0 Å². The minimum Gasteiger partial charge on any atom is -0.357 e. The van der Waals surface area contributed by atoms with Crippen LogP contribution >= 0.6 is 0 Å². The summed E-state index contributed by atoms with van der Waals surface area (Å²) in [6, 6.07) is 12.6. The molecule has 2 aliphatic heterocycles. The molecule has 0 aromatic heterocycles. The van der Waals surface area contributed by atoms with Gasteiger partial charge in [-0.2, -0.15) is 0 Å². The van der Waals surface area contributed by atoms with Crippen LogP contribution in [0.25, 0.3) is 0 Å². The lowest BCUT2D eigenvalue weighted by molar-refractivity contribution is -0.123. The molecule has 2 saturated heterocycles. The molecule has 1 aromatic rings. The van der Waals surface area contributed by atoms with Crippen molar-refractivity contribution in [3.05, 3.63) is 35.9 Å². The van der Waals surface area contributed by atoms with Gasteiger partial charge in [-0.15, -0.1) is 0 Å².